The Bertz CT molecular complexity index is 585. The largest absolute Gasteiger partial charge is 0.292 e. The molecule has 0 aliphatic rings. The van der Waals surface area contributed by atoms with Crippen molar-refractivity contribution >= 4 is 21.7 Å². The molecular weight excluding hydrogens is 296 g/mol. The second kappa shape index (κ2) is 5.06. The maximum Gasteiger partial charge on any atom is 0.189 e. The number of Topliss-reactive ketones (excluding diaryl/α,β-unsaturated/α-hetero) is 1. The SMILES string of the molecule is CCc1nn(C)c(CC(=O)c2ccn(C)n2)c1Br. The third kappa shape index (κ3) is 2.38. The lowest BCUT2D eigenvalue weighted by molar-refractivity contribution is 0.0985. The summed E-state index contributed by atoms with van der Waals surface area (Å²) in [5.41, 5.74) is 2.35. The lowest BCUT2D eigenvalue weighted by atomic mass is 10.1. The maximum absolute atomic E-state index is 12.1. The Morgan fingerprint density at radius 2 is 2.11 bits per heavy atom. The monoisotopic (exact) mass is 310 g/mol. The zero-order chi connectivity index (χ0) is 13.3. The molecule has 2 aromatic heterocycles. The first-order chi connectivity index (χ1) is 8.52. The Morgan fingerprint density at radius 1 is 1.39 bits per heavy atom. The van der Waals surface area contributed by atoms with Crippen LogP contribution in [0.5, 0.6) is 0 Å². The topological polar surface area (TPSA) is 52.7 Å². The van der Waals surface area contributed by atoms with Crippen molar-refractivity contribution < 1.29 is 4.79 Å². The molecule has 5 nitrogen and oxygen atoms in total. The molecule has 96 valence electrons. The number of hydrogen-bond acceptors (Lipinski definition) is 3. The normalized spacial score (nSPS) is 10.9. The summed E-state index contributed by atoms with van der Waals surface area (Å²) in [6.45, 7) is 2.04. The second-order valence-electron chi connectivity index (χ2n) is 4.16. The minimum atomic E-state index is 0.00181. The molecule has 0 spiro atoms. The van der Waals surface area contributed by atoms with Crippen LogP contribution in [0.4, 0.5) is 0 Å². The van der Waals surface area contributed by atoms with Gasteiger partial charge in [0.2, 0.25) is 0 Å². The smallest absolute Gasteiger partial charge is 0.189 e. The van der Waals surface area contributed by atoms with E-state index in [0.29, 0.717) is 12.1 Å². The van der Waals surface area contributed by atoms with E-state index in [2.05, 4.69) is 26.1 Å². The number of carbonyl (C=O) groups excluding carboxylic acids is 1. The number of hydrogen-bond donors (Lipinski definition) is 0. The fourth-order valence-corrected chi connectivity index (χ4v) is 2.57. The molecule has 18 heavy (non-hydrogen) atoms. The van der Waals surface area contributed by atoms with E-state index in [1.165, 1.54) is 0 Å². The van der Waals surface area contributed by atoms with Gasteiger partial charge in [-0.05, 0) is 28.4 Å². The van der Waals surface area contributed by atoms with E-state index in [0.717, 1.165) is 22.3 Å². The van der Waals surface area contributed by atoms with Gasteiger partial charge in [0.25, 0.3) is 0 Å². The molecule has 6 heteroatoms. The fourth-order valence-electron chi connectivity index (χ4n) is 1.82. The van der Waals surface area contributed by atoms with Gasteiger partial charge in [0.15, 0.2) is 5.78 Å². The van der Waals surface area contributed by atoms with Crippen molar-refractivity contribution in [1.82, 2.24) is 19.6 Å². The van der Waals surface area contributed by atoms with Gasteiger partial charge in [0.05, 0.1) is 22.3 Å². The maximum atomic E-state index is 12.1. The molecular formula is C12H15BrN4O. The van der Waals surface area contributed by atoms with Crippen LogP contribution >= 0.6 is 15.9 Å². The molecule has 2 heterocycles. The molecule has 0 aromatic carbocycles. The first-order valence-electron chi connectivity index (χ1n) is 5.76. The molecule has 0 radical (unpaired) electrons. The molecule has 0 bridgehead atoms. The van der Waals surface area contributed by atoms with Crippen molar-refractivity contribution in [1.29, 1.82) is 0 Å². The molecule has 0 unspecified atom stereocenters. The molecule has 0 saturated carbocycles. The van der Waals surface area contributed by atoms with Gasteiger partial charge >= 0.3 is 0 Å². The van der Waals surface area contributed by atoms with Crippen molar-refractivity contribution in [2.75, 3.05) is 0 Å². The standard InChI is InChI=1S/C12H15BrN4O/c1-4-8-12(13)10(17(3)15-8)7-11(18)9-5-6-16(2)14-9/h5-6H,4,7H2,1-3H3. The highest BCUT2D eigenvalue weighted by molar-refractivity contribution is 9.10. The second-order valence-corrected chi connectivity index (χ2v) is 4.95. The predicted molar refractivity (Wildman–Crippen MR) is 71.5 cm³/mol. The van der Waals surface area contributed by atoms with Crippen molar-refractivity contribution in [3.8, 4) is 0 Å². The minimum Gasteiger partial charge on any atom is -0.292 e. The van der Waals surface area contributed by atoms with Crippen molar-refractivity contribution in [2.45, 2.75) is 19.8 Å². The quantitative estimate of drug-likeness (QED) is 0.811. The summed E-state index contributed by atoms with van der Waals surface area (Å²) in [5, 5.41) is 8.49. The molecule has 0 aliphatic heterocycles. The fraction of sp³-hybridized carbons (Fsp3) is 0.417. The molecule has 0 saturated heterocycles. The summed E-state index contributed by atoms with van der Waals surface area (Å²) in [6, 6.07) is 1.73. The molecule has 0 amide bonds. The summed E-state index contributed by atoms with van der Waals surface area (Å²) in [7, 11) is 3.65. The van der Waals surface area contributed by atoms with Crippen LogP contribution in [0.15, 0.2) is 16.7 Å². The van der Waals surface area contributed by atoms with E-state index in [-0.39, 0.29) is 5.78 Å². The molecule has 2 rings (SSSR count). The van der Waals surface area contributed by atoms with Crippen LogP contribution in [0.1, 0.15) is 28.8 Å². The van der Waals surface area contributed by atoms with Gasteiger partial charge in [0.1, 0.15) is 5.69 Å². The average Bonchev–Trinajstić information content (AvgIpc) is 2.87. The molecule has 0 fully saturated rings. The van der Waals surface area contributed by atoms with Gasteiger partial charge < -0.3 is 0 Å². The minimum absolute atomic E-state index is 0.00181. The predicted octanol–water partition coefficient (Wildman–Crippen LogP) is 1.90. The molecule has 0 aliphatic carbocycles. The third-order valence-corrected chi connectivity index (χ3v) is 3.75. The number of nitrogens with zero attached hydrogens (tertiary/aromatic N) is 4. The molecule has 2 aromatic rings. The van der Waals surface area contributed by atoms with E-state index in [1.807, 2.05) is 14.0 Å². The van der Waals surface area contributed by atoms with E-state index < -0.39 is 0 Å². The van der Waals surface area contributed by atoms with Crippen LogP contribution in [0.3, 0.4) is 0 Å². The van der Waals surface area contributed by atoms with Crippen molar-refractivity contribution in [2.24, 2.45) is 14.1 Å². The van der Waals surface area contributed by atoms with E-state index in [4.69, 9.17) is 0 Å². The first kappa shape index (κ1) is 13.0. The zero-order valence-electron chi connectivity index (χ0n) is 10.6. The Labute approximate surface area is 114 Å². The van der Waals surface area contributed by atoms with Crippen LogP contribution in [0, 0.1) is 0 Å². The lowest BCUT2D eigenvalue weighted by Gasteiger charge is -2.00. The van der Waals surface area contributed by atoms with Crippen molar-refractivity contribution in [3.05, 3.63) is 33.8 Å². The van der Waals surface area contributed by atoms with Crippen LogP contribution in [-0.4, -0.2) is 25.3 Å². The Kier molecular flexibility index (Phi) is 3.65. The Morgan fingerprint density at radius 3 is 2.61 bits per heavy atom. The highest BCUT2D eigenvalue weighted by Gasteiger charge is 2.17. The zero-order valence-corrected chi connectivity index (χ0v) is 12.2. The molecule has 0 N–H and O–H groups in total. The number of halogens is 1. The van der Waals surface area contributed by atoms with Gasteiger partial charge in [-0.3, -0.25) is 14.2 Å². The Balaban J connectivity index is 2.24. The number of aromatic nitrogens is 4. The summed E-state index contributed by atoms with van der Waals surface area (Å²) in [5.74, 6) is 0.00181. The Hall–Kier alpha value is -1.43. The van der Waals surface area contributed by atoms with Crippen LogP contribution in [0.25, 0.3) is 0 Å². The van der Waals surface area contributed by atoms with Gasteiger partial charge in [-0.25, -0.2) is 0 Å². The average molecular weight is 311 g/mol. The first-order valence-corrected chi connectivity index (χ1v) is 6.55. The summed E-state index contributed by atoms with van der Waals surface area (Å²) < 4.78 is 4.31. The van der Waals surface area contributed by atoms with Gasteiger partial charge in [-0.2, -0.15) is 10.2 Å². The number of ketones is 1. The van der Waals surface area contributed by atoms with Crippen molar-refractivity contribution in [3.63, 3.8) is 0 Å². The van der Waals surface area contributed by atoms with E-state index in [9.17, 15) is 4.79 Å². The van der Waals surface area contributed by atoms with Crippen LogP contribution < -0.4 is 0 Å². The lowest BCUT2D eigenvalue weighted by Crippen LogP contribution is -2.09. The summed E-state index contributed by atoms with van der Waals surface area (Å²) in [4.78, 5) is 12.1. The van der Waals surface area contributed by atoms with Gasteiger partial charge in [-0.15, -0.1) is 0 Å². The number of aryl methyl sites for hydroxylation is 3. The number of rotatable bonds is 4. The van der Waals surface area contributed by atoms with E-state index >= 15 is 0 Å². The van der Waals surface area contributed by atoms with E-state index in [1.54, 1.807) is 28.7 Å². The third-order valence-electron chi connectivity index (χ3n) is 2.83. The summed E-state index contributed by atoms with van der Waals surface area (Å²) in [6.07, 6.45) is 2.91. The van der Waals surface area contributed by atoms with Gasteiger partial charge in [0, 0.05) is 20.3 Å². The number of carbonyl (C=O) groups is 1. The van der Waals surface area contributed by atoms with Crippen LogP contribution in [0.2, 0.25) is 0 Å². The summed E-state index contributed by atoms with van der Waals surface area (Å²) >= 11 is 3.51. The highest BCUT2D eigenvalue weighted by atomic mass is 79.9. The van der Waals surface area contributed by atoms with Gasteiger partial charge in [-0.1, -0.05) is 6.92 Å². The highest BCUT2D eigenvalue weighted by Crippen LogP contribution is 2.22. The van der Waals surface area contributed by atoms with Crippen LogP contribution in [-0.2, 0) is 26.9 Å². The molecule has 0 atom stereocenters.